The molecule has 0 amide bonds. The lowest BCUT2D eigenvalue weighted by atomic mass is 10.2. The van der Waals surface area contributed by atoms with Crippen LogP contribution < -0.4 is 5.32 Å². The lowest BCUT2D eigenvalue weighted by Gasteiger charge is -2.07. The van der Waals surface area contributed by atoms with Gasteiger partial charge < -0.3 is 5.32 Å². The topological polar surface area (TPSA) is 53.6 Å². The monoisotopic (exact) mass is 230 g/mol. The van der Waals surface area contributed by atoms with E-state index in [0.717, 1.165) is 5.56 Å². The predicted molar refractivity (Wildman–Crippen MR) is 51.7 cm³/mol. The summed E-state index contributed by atoms with van der Waals surface area (Å²) in [5, 5.41) is 12.5. The third-order valence-electron chi connectivity index (χ3n) is 2.04. The average Bonchev–Trinajstić information content (AvgIpc) is 2.62. The average molecular weight is 230 g/mol. The summed E-state index contributed by atoms with van der Waals surface area (Å²) in [6.07, 6.45) is -4.18. The van der Waals surface area contributed by atoms with Crippen molar-refractivity contribution in [1.82, 2.24) is 20.7 Å². The Kier molecular flexibility index (Phi) is 2.78. The van der Waals surface area contributed by atoms with E-state index in [1.807, 2.05) is 0 Å². The molecule has 16 heavy (non-hydrogen) atoms. The van der Waals surface area contributed by atoms with Crippen molar-refractivity contribution in [2.24, 2.45) is 0 Å². The molecule has 0 saturated heterocycles. The van der Waals surface area contributed by atoms with Gasteiger partial charge >= 0.3 is 6.18 Å². The van der Waals surface area contributed by atoms with Crippen LogP contribution >= 0.6 is 0 Å². The van der Waals surface area contributed by atoms with Gasteiger partial charge in [0.15, 0.2) is 0 Å². The molecule has 2 N–H and O–H groups in total. The number of hydrogen-bond donors (Lipinski definition) is 2. The van der Waals surface area contributed by atoms with Gasteiger partial charge in [0.05, 0.1) is 6.54 Å². The minimum absolute atomic E-state index is 0.155. The predicted octanol–water partition coefficient (Wildman–Crippen LogP) is 1.61. The van der Waals surface area contributed by atoms with E-state index in [1.165, 1.54) is 0 Å². The highest BCUT2D eigenvalue weighted by molar-refractivity contribution is 5.74. The van der Waals surface area contributed by atoms with E-state index in [4.69, 9.17) is 0 Å². The molecule has 1 aromatic heterocycles. The molecule has 0 bridgehead atoms. The molecule has 86 valence electrons. The maximum atomic E-state index is 11.9. The molecule has 0 fully saturated rings. The standard InChI is InChI=1S/C9H9F3N4/c10-9(11,12)5-13-4-6-1-2-7-8(3-6)15-16-14-7/h1-3,13H,4-5H2,(H,14,15,16). The van der Waals surface area contributed by atoms with Crippen molar-refractivity contribution in [3.05, 3.63) is 23.8 Å². The number of nitrogens with zero attached hydrogens (tertiary/aromatic N) is 2. The van der Waals surface area contributed by atoms with Gasteiger partial charge in [0.1, 0.15) is 11.0 Å². The van der Waals surface area contributed by atoms with E-state index in [9.17, 15) is 13.2 Å². The molecule has 0 saturated carbocycles. The molecule has 0 aliphatic heterocycles. The highest BCUT2D eigenvalue weighted by Crippen LogP contribution is 2.14. The molecule has 2 rings (SSSR count). The lowest BCUT2D eigenvalue weighted by molar-refractivity contribution is -0.125. The minimum atomic E-state index is -4.18. The SMILES string of the molecule is FC(F)(F)CNCc1ccc2n[nH]nc2c1. The first-order chi connectivity index (χ1) is 7.54. The number of H-pyrrole nitrogens is 1. The molecular weight excluding hydrogens is 221 g/mol. The minimum Gasteiger partial charge on any atom is -0.305 e. The zero-order valence-corrected chi connectivity index (χ0v) is 8.17. The van der Waals surface area contributed by atoms with E-state index >= 15 is 0 Å². The van der Waals surface area contributed by atoms with Gasteiger partial charge in [0.2, 0.25) is 0 Å². The fraction of sp³-hybridized carbons (Fsp3) is 0.333. The largest absolute Gasteiger partial charge is 0.401 e. The highest BCUT2D eigenvalue weighted by atomic mass is 19.4. The van der Waals surface area contributed by atoms with Crippen molar-refractivity contribution in [2.45, 2.75) is 12.7 Å². The van der Waals surface area contributed by atoms with Crippen LogP contribution in [-0.4, -0.2) is 28.1 Å². The molecule has 2 aromatic rings. The zero-order valence-electron chi connectivity index (χ0n) is 8.17. The molecule has 7 heteroatoms. The first-order valence-corrected chi connectivity index (χ1v) is 4.61. The Morgan fingerprint density at radius 3 is 2.69 bits per heavy atom. The van der Waals surface area contributed by atoms with Crippen molar-refractivity contribution in [3.8, 4) is 0 Å². The number of alkyl halides is 3. The fourth-order valence-corrected chi connectivity index (χ4v) is 1.34. The van der Waals surface area contributed by atoms with Gasteiger partial charge in [-0.2, -0.15) is 28.6 Å². The summed E-state index contributed by atoms with van der Waals surface area (Å²) < 4.78 is 35.6. The molecule has 0 aliphatic carbocycles. The molecule has 4 nitrogen and oxygen atoms in total. The Labute approximate surface area is 88.8 Å². The number of halogens is 3. The quantitative estimate of drug-likeness (QED) is 0.842. The second-order valence-electron chi connectivity index (χ2n) is 3.37. The van der Waals surface area contributed by atoms with E-state index in [1.54, 1.807) is 18.2 Å². The number of rotatable bonds is 3. The van der Waals surface area contributed by atoms with Gasteiger partial charge in [-0.05, 0) is 17.7 Å². The van der Waals surface area contributed by atoms with Gasteiger partial charge in [-0.15, -0.1) is 0 Å². The number of aromatic amines is 1. The molecule has 1 aromatic carbocycles. The van der Waals surface area contributed by atoms with Crippen molar-refractivity contribution in [2.75, 3.05) is 6.54 Å². The molecule has 0 aliphatic rings. The molecule has 0 unspecified atom stereocenters. The van der Waals surface area contributed by atoms with Crippen LogP contribution in [0.25, 0.3) is 11.0 Å². The summed E-state index contributed by atoms with van der Waals surface area (Å²) >= 11 is 0. The molecule has 0 spiro atoms. The first-order valence-electron chi connectivity index (χ1n) is 4.61. The molecule has 0 atom stereocenters. The zero-order chi connectivity index (χ0) is 11.6. The van der Waals surface area contributed by atoms with Crippen LogP contribution in [0.3, 0.4) is 0 Å². The number of benzene rings is 1. The van der Waals surface area contributed by atoms with Gasteiger partial charge in [-0.1, -0.05) is 6.07 Å². The summed E-state index contributed by atoms with van der Waals surface area (Å²) in [6.45, 7) is -0.841. The van der Waals surface area contributed by atoms with E-state index in [-0.39, 0.29) is 6.54 Å². The van der Waals surface area contributed by atoms with Crippen LogP contribution in [-0.2, 0) is 6.54 Å². The normalized spacial score (nSPS) is 12.2. The van der Waals surface area contributed by atoms with E-state index in [0.29, 0.717) is 11.0 Å². The van der Waals surface area contributed by atoms with E-state index < -0.39 is 12.7 Å². The van der Waals surface area contributed by atoms with Gasteiger partial charge in [-0.25, -0.2) is 0 Å². The maximum absolute atomic E-state index is 11.9. The van der Waals surface area contributed by atoms with E-state index in [2.05, 4.69) is 20.7 Å². The van der Waals surface area contributed by atoms with Gasteiger partial charge in [0, 0.05) is 6.54 Å². The number of hydrogen-bond acceptors (Lipinski definition) is 3. The van der Waals surface area contributed by atoms with Crippen LogP contribution in [0.1, 0.15) is 5.56 Å². The third-order valence-corrected chi connectivity index (χ3v) is 2.04. The Hall–Kier alpha value is -1.63. The maximum Gasteiger partial charge on any atom is 0.401 e. The van der Waals surface area contributed by atoms with Crippen LogP contribution in [0.15, 0.2) is 18.2 Å². The molecule has 1 heterocycles. The fourth-order valence-electron chi connectivity index (χ4n) is 1.34. The molecular formula is C9H9F3N4. The summed E-state index contributed by atoms with van der Waals surface area (Å²) in [4.78, 5) is 0. The van der Waals surface area contributed by atoms with Crippen molar-refractivity contribution < 1.29 is 13.2 Å². The first kappa shape index (κ1) is 10.9. The van der Waals surface area contributed by atoms with Gasteiger partial charge in [-0.3, -0.25) is 0 Å². The van der Waals surface area contributed by atoms with Crippen LogP contribution in [0.4, 0.5) is 13.2 Å². The second-order valence-corrected chi connectivity index (χ2v) is 3.37. The van der Waals surface area contributed by atoms with Crippen molar-refractivity contribution in [1.29, 1.82) is 0 Å². The smallest absolute Gasteiger partial charge is 0.305 e. The molecule has 0 radical (unpaired) electrons. The van der Waals surface area contributed by atoms with Crippen LogP contribution in [0.5, 0.6) is 0 Å². The Morgan fingerprint density at radius 2 is 1.94 bits per heavy atom. The number of aromatic nitrogens is 3. The Morgan fingerprint density at radius 1 is 1.19 bits per heavy atom. The van der Waals surface area contributed by atoms with Gasteiger partial charge in [0.25, 0.3) is 0 Å². The number of nitrogens with one attached hydrogen (secondary N) is 2. The summed E-state index contributed by atoms with van der Waals surface area (Å²) in [5.74, 6) is 0. The Balaban J connectivity index is 1.99. The van der Waals surface area contributed by atoms with Crippen LogP contribution in [0.2, 0.25) is 0 Å². The lowest BCUT2D eigenvalue weighted by Crippen LogP contribution is -2.28. The highest BCUT2D eigenvalue weighted by Gasteiger charge is 2.25. The summed E-state index contributed by atoms with van der Waals surface area (Å²) in [5.41, 5.74) is 2.08. The Bertz CT molecular complexity index is 477. The third kappa shape index (κ3) is 2.69. The second kappa shape index (κ2) is 4.09. The summed E-state index contributed by atoms with van der Waals surface area (Å²) in [7, 11) is 0. The number of fused-ring (bicyclic) bond motifs is 1. The van der Waals surface area contributed by atoms with Crippen molar-refractivity contribution >= 4 is 11.0 Å². The van der Waals surface area contributed by atoms with Crippen molar-refractivity contribution in [3.63, 3.8) is 0 Å². The van der Waals surface area contributed by atoms with Crippen LogP contribution in [0, 0.1) is 0 Å². The summed E-state index contributed by atoms with van der Waals surface area (Å²) in [6, 6.07) is 5.12.